The Kier molecular flexibility index (Phi) is 4.89. The first-order valence-electron chi connectivity index (χ1n) is 10.1. The molecule has 0 bridgehead atoms. The molecule has 0 aliphatic rings. The summed E-state index contributed by atoms with van der Waals surface area (Å²) in [6, 6.07) is 27.1. The van der Waals surface area contributed by atoms with Gasteiger partial charge in [-0.05, 0) is 47.5 Å². The molecule has 4 aromatic carbocycles. The summed E-state index contributed by atoms with van der Waals surface area (Å²) >= 11 is 0. The fourth-order valence-corrected chi connectivity index (χ4v) is 3.56. The Morgan fingerprint density at radius 2 is 1.58 bits per heavy atom. The van der Waals surface area contributed by atoms with Crippen LogP contribution in [0.2, 0.25) is 0 Å². The van der Waals surface area contributed by atoms with E-state index in [9.17, 15) is 4.79 Å². The monoisotopic (exact) mass is 408 g/mol. The van der Waals surface area contributed by atoms with Crippen LogP contribution >= 0.6 is 0 Å². The molecule has 5 rings (SSSR count). The van der Waals surface area contributed by atoms with Crippen LogP contribution in [0.3, 0.4) is 0 Å². The van der Waals surface area contributed by atoms with E-state index in [4.69, 9.17) is 13.9 Å². The lowest BCUT2D eigenvalue weighted by Gasteiger charge is -2.10. The van der Waals surface area contributed by atoms with Gasteiger partial charge in [-0.15, -0.1) is 0 Å². The van der Waals surface area contributed by atoms with E-state index in [0.717, 1.165) is 16.5 Å². The zero-order chi connectivity index (χ0) is 21.2. The van der Waals surface area contributed by atoms with E-state index in [1.807, 2.05) is 49.4 Å². The van der Waals surface area contributed by atoms with Crippen molar-refractivity contribution >= 4 is 21.7 Å². The van der Waals surface area contributed by atoms with Gasteiger partial charge in [-0.25, -0.2) is 0 Å². The minimum atomic E-state index is -0.220. The molecule has 0 radical (unpaired) electrons. The molecule has 31 heavy (non-hydrogen) atoms. The maximum atomic E-state index is 12.8. The summed E-state index contributed by atoms with van der Waals surface area (Å²) in [7, 11) is 0. The van der Waals surface area contributed by atoms with E-state index in [0.29, 0.717) is 29.1 Å². The van der Waals surface area contributed by atoms with Crippen molar-refractivity contribution in [1.29, 1.82) is 0 Å². The average Bonchev–Trinajstić information content (AvgIpc) is 2.81. The summed E-state index contributed by atoms with van der Waals surface area (Å²) in [6.07, 6.45) is 1.35. The van der Waals surface area contributed by atoms with E-state index < -0.39 is 0 Å². The lowest BCUT2D eigenvalue weighted by Crippen LogP contribution is -2.05. The van der Waals surface area contributed by atoms with Crippen LogP contribution in [0, 0.1) is 6.92 Å². The maximum Gasteiger partial charge on any atom is 0.235 e. The highest BCUT2D eigenvalue weighted by Crippen LogP contribution is 2.26. The molecule has 0 N–H and O–H groups in total. The van der Waals surface area contributed by atoms with Crippen LogP contribution < -0.4 is 14.9 Å². The number of aryl methyl sites for hydroxylation is 1. The summed E-state index contributed by atoms with van der Waals surface area (Å²) in [5.41, 5.74) is 2.45. The topological polar surface area (TPSA) is 48.7 Å². The second-order valence-electron chi connectivity index (χ2n) is 7.43. The van der Waals surface area contributed by atoms with E-state index in [1.54, 1.807) is 18.2 Å². The van der Waals surface area contributed by atoms with Crippen molar-refractivity contribution < 1.29 is 13.9 Å². The fraction of sp³-hybridized carbons (Fsp3) is 0.0741. The number of ether oxygens (including phenoxy) is 2. The number of benzene rings is 4. The van der Waals surface area contributed by atoms with E-state index >= 15 is 0 Å². The molecule has 0 fully saturated rings. The molecule has 4 nitrogen and oxygen atoms in total. The molecule has 5 aromatic rings. The quantitative estimate of drug-likeness (QED) is 0.328. The molecule has 4 heteroatoms. The van der Waals surface area contributed by atoms with Gasteiger partial charge in [0.2, 0.25) is 11.2 Å². The molecule has 1 aromatic heterocycles. The van der Waals surface area contributed by atoms with E-state index in [1.165, 1.54) is 11.6 Å². The number of fused-ring (bicyclic) bond motifs is 2. The molecular weight excluding hydrogens is 388 g/mol. The first-order valence-corrected chi connectivity index (χ1v) is 10.1. The molecule has 0 spiro atoms. The highest BCUT2D eigenvalue weighted by molar-refractivity contribution is 5.85. The minimum Gasteiger partial charge on any atom is -0.489 e. The van der Waals surface area contributed by atoms with Gasteiger partial charge >= 0.3 is 0 Å². The van der Waals surface area contributed by atoms with Gasteiger partial charge in [0.1, 0.15) is 30.0 Å². The summed E-state index contributed by atoms with van der Waals surface area (Å²) in [5.74, 6) is 1.38. The molecule has 0 amide bonds. The van der Waals surface area contributed by atoms with Gasteiger partial charge in [0.05, 0.1) is 5.39 Å². The van der Waals surface area contributed by atoms with Crippen molar-refractivity contribution in [2.24, 2.45) is 0 Å². The Morgan fingerprint density at radius 3 is 2.45 bits per heavy atom. The number of rotatable bonds is 5. The van der Waals surface area contributed by atoms with Gasteiger partial charge in [0.25, 0.3) is 0 Å². The molecule has 0 unspecified atom stereocenters. The van der Waals surface area contributed by atoms with E-state index in [2.05, 4.69) is 24.3 Å². The van der Waals surface area contributed by atoms with Crippen molar-refractivity contribution in [3.8, 4) is 17.2 Å². The Labute approximate surface area is 179 Å². The minimum absolute atomic E-state index is 0.153. The van der Waals surface area contributed by atoms with Crippen molar-refractivity contribution in [1.82, 2.24) is 0 Å². The SMILES string of the molecule is Cc1ccc(Oc2coc3cc(OCc4cccc5ccccc45)ccc3c2=O)cc1. The molecule has 0 saturated carbocycles. The average molecular weight is 408 g/mol. The van der Waals surface area contributed by atoms with Gasteiger partial charge in [0.15, 0.2) is 0 Å². The summed E-state index contributed by atoms with van der Waals surface area (Å²) < 4.78 is 17.4. The predicted molar refractivity (Wildman–Crippen MR) is 122 cm³/mol. The van der Waals surface area contributed by atoms with Gasteiger partial charge in [0, 0.05) is 6.07 Å². The van der Waals surface area contributed by atoms with Gasteiger partial charge in [-0.1, -0.05) is 60.2 Å². The third-order valence-electron chi connectivity index (χ3n) is 5.24. The second kappa shape index (κ2) is 8.00. The van der Waals surface area contributed by atoms with Crippen molar-refractivity contribution in [2.45, 2.75) is 13.5 Å². The Morgan fingerprint density at radius 1 is 0.806 bits per heavy atom. The van der Waals surface area contributed by atoms with Crippen molar-refractivity contribution in [3.63, 3.8) is 0 Å². The van der Waals surface area contributed by atoms with Crippen LogP contribution in [0.1, 0.15) is 11.1 Å². The fourth-order valence-electron chi connectivity index (χ4n) is 3.56. The van der Waals surface area contributed by atoms with Crippen molar-refractivity contribution in [2.75, 3.05) is 0 Å². The van der Waals surface area contributed by atoms with Crippen LogP contribution in [0.15, 0.2) is 100 Å². The van der Waals surface area contributed by atoms with E-state index in [-0.39, 0.29) is 11.2 Å². The van der Waals surface area contributed by atoms with Gasteiger partial charge in [-0.2, -0.15) is 0 Å². The highest BCUT2D eigenvalue weighted by atomic mass is 16.5. The lowest BCUT2D eigenvalue weighted by molar-refractivity contribution is 0.307. The third kappa shape index (κ3) is 3.88. The Balaban J connectivity index is 1.39. The Bertz CT molecular complexity index is 1430. The first-order chi connectivity index (χ1) is 15.2. The van der Waals surface area contributed by atoms with Crippen LogP contribution in [0.25, 0.3) is 21.7 Å². The molecule has 152 valence electrons. The largest absolute Gasteiger partial charge is 0.489 e. The number of hydrogen-bond donors (Lipinski definition) is 0. The molecular formula is C27H20O4. The molecule has 1 heterocycles. The molecule has 0 atom stereocenters. The highest BCUT2D eigenvalue weighted by Gasteiger charge is 2.11. The molecule has 0 aliphatic heterocycles. The summed E-state index contributed by atoms with van der Waals surface area (Å²) in [5, 5.41) is 2.78. The normalized spacial score (nSPS) is 11.0. The molecule has 0 aliphatic carbocycles. The van der Waals surface area contributed by atoms with Crippen LogP contribution in [-0.4, -0.2) is 0 Å². The Hall–Kier alpha value is -4.05. The zero-order valence-electron chi connectivity index (χ0n) is 17.0. The van der Waals surface area contributed by atoms with Crippen LogP contribution in [0.5, 0.6) is 17.2 Å². The van der Waals surface area contributed by atoms with Gasteiger partial charge < -0.3 is 13.9 Å². The van der Waals surface area contributed by atoms with Crippen molar-refractivity contribution in [3.05, 3.63) is 113 Å². The van der Waals surface area contributed by atoms with Crippen LogP contribution in [-0.2, 0) is 6.61 Å². The smallest absolute Gasteiger partial charge is 0.235 e. The first kappa shape index (κ1) is 18.9. The van der Waals surface area contributed by atoms with Crippen LogP contribution in [0.4, 0.5) is 0 Å². The maximum absolute atomic E-state index is 12.8. The van der Waals surface area contributed by atoms with Gasteiger partial charge in [-0.3, -0.25) is 4.79 Å². The predicted octanol–water partition coefficient (Wildman–Crippen LogP) is 6.63. The summed E-state index contributed by atoms with van der Waals surface area (Å²) in [4.78, 5) is 12.8. The lowest BCUT2D eigenvalue weighted by atomic mass is 10.1. The standard InChI is InChI=1S/C27H20O4/c1-18-9-11-21(12-10-18)31-26-17-30-25-15-22(13-14-24(25)27(26)28)29-16-20-7-4-6-19-5-2-3-8-23(19)20/h2-15,17H,16H2,1H3. The molecule has 0 saturated heterocycles. The zero-order valence-corrected chi connectivity index (χ0v) is 17.0. The third-order valence-corrected chi connectivity index (χ3v) is 5.24. The number of hydrogen-bond acceptors (Lipinski definition) is 4. The summed E-state index contributed by atoms with van der Waals surface area (Å²) in [6.45, 7) is 2.42. The second-order valence-corrected chi connectivity index (χ2v) is 7.43.